The smallest absolute Gasteiger partial charge is 0.257 e. The van der Waals surface area contributed by atoms with Crippen molar-refractivity contribution in [2.45, 2.75) is 12.8 Å². The second kappa shape index (κ2) is 7.15. The van der Waals surface area contributed by atoms with Crippen LogP contribution in [-0.2, 0) is 0 Å². The van der Waals surface area contributed by atoms with Crippen molar-refractivity contribution in [3.63, 3.8) is 0 Å². The fourth-order valence-electron chi connectivity index (χ4n) is 3.00. The molecule has 0 radical (unpaired) electrons. The van der Waals surface area contributed by atoms with Crippen molar-refractivity contribution < 1.29 is 4.79 Å². The molecule has 1 saturated heterocycles. The third-order valence-corrected chi connectivity index (χ3v) is 4.53. The number of carbonyl (C=O) groups excluding carboxylic acids is 1. The molecule has 2 heterocycles. The van der Waals surface area contributed by atoms with E-state index in [-0.39, 0.29) is 5.91 Å². The minimum atomic E-state index is 0.0567. The predicted octanol–water partition coefficient (Wildman–Crippen LogP) is 2.60. The summed E-state index contributed by atoms with van der Waals surface area (Å²) < 4.78 is 1.69. The average molecular weight is 333 g/mol. The Kier molecular flexibility index (Phi) is 4.98. The Morgan fingerprint density at radius 2 is 2.17 bits per heavy atom. The first kappa shape index (κ1) is 16.0. The van der Waals surface area contributed by atoms with Crippen molar-refractivity contribution in [3.05, 3.63) is 47.2 Å². The maximum absolute atomic E-state index is 12.6. The van der Waals surface area contributed by atoms with Gasteiger partial charge in [-0.15, -0.1) is 0 Å². The van der Waals surface area contributed by atoms with Crippen LogP contribution < -0.4 is 5.32 Å². The van der Waals surface area contributed by atoms with Crippen LogP contribution in [0, 0.1) is 5.92 Å². The minimum Gasteiger partial charge on any atom is -0.339 e. The van der Waals surface area contributed by atoms with Crippen molar-refractivity contribution in [2.24, 2.45) is 5.92 Å². The zero-order valence-electron chi connectivity index (χ0n) is 13.2. The molecule has 1 amide bonds. The van der Waals surface area contributed by atoms with Crippen molar-refractivity contribution >= 4 is 17.5 Å². The van der Waals surface area contributed by atoms with Crippen LogP contribution in [0.2, 0.25) is 5.02 Å². The van der Waals surface area contributed by atoms with E-state index in [2.05, 4.69) is 10.4 Å². The third kappa shape index (κ3) is 3.74. The summed E-state index contributed by atoms with van der Waals surface area (Å²) in [7, 11) is 1.97. The quantitative estimate of drug-likeness (QED) is 0.936. The summed E-state index contributed by atoms with van der Waals surface area (Å²) in [5.41, 5.74) is 1.47. The van der Waals surface area contributed by atoms with Crippen LogP contribution in [-0.4, -0.2) is 47.3 Å². The standard InChI is InChI=1S/C17H21ClN4O/c1-19-10-13-5-7-21(8-6-13)17(23)14-11-20-22(12-14)16-4-2-3-15(18)9-16/h2-4,9,11-13,19H,5-8,10H2,1H3. The van der Waals surface area contributed by atoms with Gasteiger partial charge in [0.1, 0.15) is 0 Å². The van der Waals surface area contributed by atoms with E-state index in [1.807, 2.05) is 36.2 Å². The lowest BCUT2D eigenvalue weighted by molar-refractivity contribution is 0.0691. The van der Waals surface area contributed by atoms with Gasteiger partial charge in [-0.2, -0.15) is 5.10 Å². The number of nitrogens with zero attached hydrogens (tertiary/aromatic N) is 3. The van der Waals surface area contributed by atoms with Crippen LogP contribution in [0.4, 0.5) is 0 Å². The van der Waals surface area contributed by atoms with Crippen molar-refractivity contribution in [2.75, 3.05) is 26.7 Å². The summed E-state index contributed by atoms with van der Waals surface area (Å²) in [6.45, 7) is 2.65. The lowest BCUT2D eigenvalue weighted by Crippen LogP contribution is -2.40. The summed E-state index contributed by atoms with van der Waals surface area (Å²) in [5, 5.41) is 8.15. The molecule has 0 aliphatic carbocycles. The number of hydrogen-bond acceptors (Lipinski definition) is 3. The summed E-state index contributed by atoms with van der Waals surface area (Å²) >= 11 is 6.00. The van der Waals surface area contributed by atoms with Crippen LogP contribution >= 0.6 is 11.6 Å². The Balaban J connectivity index is 1.67. The number of likely N-dealkylation sites (tertiary alicyclic amines) is 1. The molecule has 5 nitrogen and oxygen atoms in total. The highest BCUT2D eigenvalue weighted by atomic mass is 35.5. The van der Waals surface area contributed by atoms with Gasteiger partial charge in [0.15, 0.2) is 0 Å². The Labute approximate surface area is 141 Å². The highest BCUT2D eigenvalue weighted by Gasteiger charge is 2.24. The highest BCUT2D eigenvalue weighted by molar-refractivity contribution is 6.30. The minimum absolute atomic E-state index is 0.0567. The van der Waals surface area contributed by atoms with E-state index in [4.69, 9.17) is 11.6 Å². The Bertz CT molecular complexity index is 677. The number of piperidine rings is 1. The van der Waals surface area contributed by atoms with E-state index < -0.39 is 0 Å². The summed E-state index contributed by atoms with van der Waals surface area (Å²) in [6, 6.07) is 7.42. The molecular formula is C17H21ClN4O. The van der Waals surface area contributed by atoms with Gasteiger partial charge in [-0.25, -0.2) is 4.68 Å². The molecule has 3 rings (SSSR count). The average Bonchev–Trinajstić information content (AvgIpc) is 3.05. The van der Waals surface area contributed by atoms with Gasteiger partial charge < -0.3 is 10.2 Å². The predicted molar refractivity (Wildman–Crippen MR) is 91.1 cm³/mol. The van der Waals surface area contributed by atoms with Crippen LogP contribution in [0.1, 0.15) is 23.2 Å². The second-order valence-electron chi connectivity index (χ2n) is 5.95. The first-order chi connectivity index (χ1) is 11.2. The number of carbonyl (C=O) groups is 1. The molecular weight excluding hydrogens is 312 g/mol. The first-order valence-electron chi connectivity index (χ1n) is 7.92. The number of hydrogen-bond donors (Lipinski definition) is 1. The van der Waals surface area contributed by atoms with E-state index in [1.165, 1.54) is 0 Å². The maximum Gasteiger partial charge on any atom is 0.257 e. The van der Waals surface area contributed by atoms with E-state index >= 15 is 0 Å². The molecule has 1 aromatic heterocycles. The molecule has 23 heavy (non-hydrogen) atoms. The number of aromatic nitrogens is 2. The summed E-state index contributed by atoms with van der Waals surface area (Å²) in [6.07, 6.45) is 5.50. The van der Waals surface area contributed by atoms with E-state index in [0.29, 0.717) is 16.5 Å². The zero-order valence-corrected chi connectivity index (χ0v) is 14.0. The molecule has 0 bridgehead atoms. The van der Waals surface area contributed by atoms with Gasteiger partial charge in [-0.1, -0.05) is 17.7 Å². The molecule has 122 valence electrons. The zero-order chi connectivity index (χ0) is 16.2. The lowest BCUT2D eigenvalue weighted by Gasteiger charge is -2.31. The van der Waals surface area contributed by atoms with Crippen LogP contribution in [0.3, 0.4) is 0 Å². The molecule has 0 unspecified atom stereocenters. The molecule has 0 saturated carbocycles. The Hall–Kier alpha value is -1.85. The largest absolute Gasteiger partial charge is 0.339 e. The van der Waals surface area contributed by atoms with Crippen molar-refractivity contribution in [1.29, 1.82) is 0 Å². The fourth-order valence-corrected chi connectivity index (χ4v) is 3.19. The fraction of sp³-hybridized carbons (Fsp3) is 0.412. The Morgan fingerprint density at radius 1 is 1.39 bits per heavy atom. The molecule has 2 aromatic rings. The van der Waals surface area contributed by atoms with E-state index in [1.54, 1.807) is 17.1 Å². The normalized spacial score (nSPS) is 15.8. The molecule has 0 atom stereocenters. The summed E-state index contributed by atoms with van der Waals surface area (Å²) in [4.78, 5) is 14.5. The van der Waals surface area contributed by atoms with Crippen molar-refractivity contribution in [1.82, 2.24) is 20.0 Å². The van der Waals surface area contributed by atoms with Crippen LogP contribution in [0.5, 0.6) is 0 Å². The first-order valence-corrected chi connectivity index (χ1v) is 8.29. The monoisotopic (exact) mass is 332 g/mol. The van der Waals surface area contributed by atoms with Crippen LogP contribution in [0.15, 0.2) is 36.7 Å². The third-order valence-electron chi connectivity index (χ3n) is 4.30. The molecule has 1 N–H and O–H groups in total. The van der Waals surface area contributed by atoms with Gasteiger partial charge in [0, 0.05) is 24.3 Å². The molecule has 1 aliphatic rings. The van der Waals surface area contributed by atoms with Crippen LogP contribution in [0.25, 0.3) is 5.69 Å². The Morgan fingerprint density at radius 3 is 2.87 bits per heavy atom. The lowest BCUT2D eigenvalue weighted by atomic mass is 9.96. The van der Waals surface area contributed by atoms with E-state index in [0.717, 1.165) is 38.2 Å². The SMILES string of the molecule is CNCC1CCN(C(=O)c2cnn(-c3cccc(Cl)c3)c2)CC1. The van der Waals surface area contributed by atoms with Gasteiger partial charge in [0.2, 0.25) is 0 Å². The maximum atomic E-state index is 12.6. The van der Waals surface area contributed by atoms with Gasteiger partial charge in [-0.3, -0.25) is 4.79 Å². The van der Waals surface area contributed by atoms with Gasteiger partial charge in [0.05, 0.1) is 17.4 Å². The van der Waals surface area contributed by atoms with Gasteiger partial charge >= 0.3 is 0 Å². The molecule has 1 aromatic carbocycles. The molecule has 1 aliphatic heterocycles. The number of amides is 1. The second-order valence-corrected chi connectivity index (χ2v) is 6.38. The topological polar surface area (TPSA) is 50.2 Å². The molecule has 0 spiro atoms. The van der Waals surface area contributed by atoms with Crippen molar-refractivity contribution in [3.8, 4) is 5.69 Å². The van der Waals surface area contributed by atoms with Gasteiger partial charge in [-0.05, 0) is 50.6 Å². The summed E-state index contributed by atoms with van der Waals surface area (Å²) in [5.74, 6) is 0.722. The van der Waals surface area contributed by atoms with Gasteiger partial charge in [0.25, 0.3) is 5.91 Å². The number of benzene rings is 1. The number of halogens is 1. The highest BCUT2D eigenvalue weighted by Crippen LogP contribution is 2.19. The van der Waals surface area contributed by atoms with E-state index in [9.17, 15) is 4.79 Å². The molecule has 6 heteroatoms. The number of rotatable bonds is 4. The number of nitrogens with one attached hydrogen (secondary N) is 1. The molecule has 1 fully saturated rings.